The topological polar surface area (TPSA) is 11.3 Å². The van der Waals surface area contributed by atoms with Crippen LogP contribution in [0.5, 0.6) is 0 Å². The van der Waals surface area contributed by atoms with E-state index in [4.69, 9.17) is 4.42 Å². The molecule has 1 nitrogen and oxygen atoms in total. The molecule has 0 aliphatic heterocycles. The normalized spacial score (nSPS) is 10.0. The maximum Gasteiger partial charge on any atom is 0.339 e. The Hall–Kier alpha value is -0.500. The van der Waals surface area contributed by atoms with E-state index in [0.717, 1.165) is 16.4 Å². The van der Waals surface area contributed by atoms with Crippen molar-refractivity contribution >= 4 is 12.6 Å². The number of aryl methyl sites for hydroxylation is 3. The van der Waals surface area contributed by atoms with Crippen LogP contribution in [0.1, 0.15) is 17.1 Å². The number of rotatable bonds is 0. The van der Waals surface area contributed by atoms with Crippen LogP contribution in [-0.4, -0.2) is 0 Å². The lowest BCUT2D eigenvalue weighted by Gasteiger charge is -1.92. The second-order valence-electron chi connectivity index (χ2n) is 2.44. The van der Waals surface area contributed by atoms with Crippen molar-refractivity contribution in [3.8, 4) is 0 Å². The summed E-state index contributed by atoms with van der Waals surface area (Å²) in [4.78, 5) is 0.950. The fourth-order valence-corrected chi connectivity index (χ4v) is 1.08. The van der Waals surface area contributed by atoms with Crippen molar-refractivity contribution in [2.24, 2.45) is 0 Å². The first-order valence-corrected chi connectivity index (χ1v) is 3.66. The van der Waals surface area contributed by atoms with Crippen LogP contribution < -0.4 is 0 Å². The third kappa shape index (κ3) is 1.32. The van der Waals surface area contributed by atoms with Gasteiger partial charge in [-0.25, -0.2) is 4.42 Å². The summed E-state index contributed by atoms with van der Waals surface area (Å²) in [5, 5.41) is 0. The Morgan fingerprint density at radius 2 is 1.90 bits per heavy atom. The first-order chi connectivity index (χ1) is 4.61. The van der Waals surface area contributed by atoms with Gasteiger partial charge in [0.1, 0.15) is 4.90 Å². The standard InChI is InChI=1S/C8H10OS/c1-5-4-6(2)9-7(3)8(5)10/h4H,1-3H3/p+1. The molecule has 0 N–H and O–H groups in total. The van der Waals surface area contributed by atoms with Crippen LogP contribution in [0.4, 0.5) is 0 Å². The van der Waals surface area contributed by atoms with Gasteiger partial charge in [0, 0.05) is 6.07 Å². The molecule has 0 aliphatic carbocycles. The van der Waals surface area contributed by atoms with Gasteiger partial charge in [0.2, 0.25) is 0 Å². The van der Waals surface area contributed by atoms with Crippen molar-refractivity contribution in [3.05, 3.63) is 23.2 Å². The van der Waals surface area contributed by atoms with Gasteiger partial charge < -0.3 is 0 Å². The molecule has 0 unspecified atom stereocenters. The highest BCUT2D eigenvalue weighted by atomic mass is 32.1. The van der Waals surface area contributed by atoms with Crippen LogP contribution in [0.25, 0.3) is 0 Å². The Morgan fingerprint density at radius 1 is 1.30 bits per heavy atom. The molecule has 0 fully saturated rings. The quantitative estimate of drug-likeness (QED) is 0.448. The molecule has 0 aliphatic rings. The monoisotopic (exact) mass is 155 g/mol. The molecule has 0 saturated heterocycles. The van der Waals surface area contributed by atoms with Crippen LogP contribution in [0.15, 0.2) is 15.4 Å². The Labute approximate surface area is 66.5 Å². The maximum atomic E-state index is 5.31. The molecule has 0 bridgehead atoms. The Balaban J connectivity index is 3.31. The van der Waals surface area contributed by atoms with E-state index in [2.05, 4.69) is 12.6 Å². The van der Waals surface area contributed by atoms with Gasteiger partial charge in [-0.2, -0.15) is 0 Å². The number of thiol groups is 1. The molecule has 1 rings (SSSR count). The van der Waals surface area contributed by atoms with Crippen molar-refractivity contribution in [1.82, 2.24) is 0 Å². The van der Waals surface area contributed by atoms with Crippen molar-refractivity contribution in [3.63, 3.8) is 0 Å². The third-order valence-electron chi connectivity index (χ3n) is 1.44. The molecule has 0 radical (unpaired) electrons. The SMILES string of the molecule is Cc1cc(C)c(S)c(C)[o+]1. The Kier molecular flexibility index (Phi) is 2.00. The van der Waals surface area contributed by atoms with Crippen molar-refractivity contribution < 1.29 is 4.42 Å². The average Bonchev–Trinajstić information content (AvgIpc) is 1.82. The number of hydrogen-bond acceptors (Lipinski definition) is 1. The summed E-state index contributed by atoms with van der Waals surface area (Å²) >= 11 is 4.26. The molecule has 1 aromatic heterocycles. The highest BCUT2D eigenvalue weighted by Gasteiger charge is 2.11. The molecule has 0 atom stereocenters. The lowest BCUT2D eigenvalue weighted by molar-refractivity contribution is 0.470. The van der Waals surface area contributed by atoms with Gasteiger partial charge in [0.15, 0.2) is 0 Å². The van der Waals surface area contributed by atoms with E-state index in [9.17, 15) is 0 Å². The molecular formula is C8H11OS+. The molecule has 0 saturated carbocycles. The second kappa shape index (κ2) is 2.62. The van der Waals surface area contributed by atoms with Crippen molar-refractivity contribution in [2.75, 3.05) is 0 Å². The molecule has 0 spiro atoms. The first-order valence-electron chi connectivity index (χ1n) is 3.21. The summed E-state index contributed by atoms with van der Waals surface area (Å²) in [6, 6.07) is 1.98. The van der Waals surface area contributed by atoms with Gasteiger partial charge in [-0.1, -0.05) is 0 Å². The highest BCUT2D eigenvalue weighted by molar-refractivity contribution is 7.80. The van der Waals surface area contributed by atoms with Crippen LogP contribution in [0.2, 0.25) is 0 Å². The zero-order chi connectivity index (χ0) is 7.72. The molecule has 1 aromatic rings. The van der Waals surface area contributed by atoms with Gasteiger partial charge >= 0.3 is 11.5 Å². The van der Waals surface area contributed by atoms with E-state index in [0.29, 0.717) is 0 Å². The second-order valence-corrected chi connectivity index (χ2v) is 2.89. The van der Waals surface area contributed by atoms with Crippen molar-refractivity contribution in [2.45, 2.75) is 25.7 Å². The van der Waals surface area contributed by atoms with Crippen LogP contribution in [-0.2, 0) is 0 Å². The molecule has 54 valence electrons. The highest BCUT2D eigenvalue weighted by Crippen LogP contribution is 2.19. The fraction of sp³-hybridized carbons (Fsp3) is 0.375. The molecule has 2 heteroatoms. The maximum absolute atomic E-state index is 5.31. The largest absolute Gasteiger partial charge is 0.339 e. The third-order valence-corrected chi connectivity index (χ3v) is 2.11. The predicted molar refractivity (Wildman–Crippen MR) is 44.6 cm³/mol. The summed E-state index contributed by atoms with van der Waals surface area (Å²) in [7, 11) is 0. The minimum atomic E-state index is 0.890. The van der Waals surface area contributed by atoms with Gasteiger partial charge in [0.25, 0.3) is 0 Å². The van der Waals surface area contributed by atoms with E-state index in [1.54, 1.807) is 0 Å². The first kappa shape index (κ1) is 7.61. The minimum Gasteiger partial charge on any atom is -0.217 e. The molecule has 0 amide bonds. The molecule has 10 heavy (non-hydrogen) atoms. The van der Waals surface area contributed by atoms with Crippen molar-refractivity contribution in [1.29, 1.82) is 0 Å². The summed E-state index contributed by atoms with van der Waals surface area (Å²) in [6.45, 7) is 5.88. The summed E-state index contributed by atoms with van der Waals surface area (Å²) < 4.78 is 5.31. The number of hydrogen-bond donors (Lipinski definition) is 1. The zero-order valence-electron chi connectivity index (χ0n) is 6.43. The Bertz CT molecular complexity index is 232. The van der Waals surface area contributed by atoms with E-state index < -0.39 is 0 Å². The predicted octanol–water partition coefficient (Wildman–Crippen LogP) is 2.77. The van der Waals surface area contributed by atoms with Crippen LogP contribution in [0, 0.1) is 20.8 Å². The van der Waals surface area contributed by atoms with E-state index in [1.807, 2.05) is 26.8 Å². The van der Waals surface area contributed by atoms with E-state index >= 15 is 0 Å². The van der Waals surface area contributed by atoms with Gasteiger partial charge in [-0.3, -0.25) is 0 Å². The molecule has 1 heterocycles. The van der Waals surface area contributed by atoms with Crippen LogP contribution in [0.3, 0.4) is 0 Å². The summed E-state index contributed by atoms with van der Waals surface area (Å²) in [6.07, 6.45) is 0. The zero-order valence-corrected chi connectivity index (χ0v) is 7.33. The smallest absolute Gasteiger partial charge is 0.217 e. The lowest BCUT2D eigenvalue weighted by atomic mass is 10.2. The Morgan fingerprint density at radius 3 is 2.40 bits per heavy atom. The summed E-state index contributed by atoms with van der Waals surface area (Å²) in [5.74, 6) is 1.83. The lowest BCUT2D eigenvalue weighted by Crippen LogP contribution is -1.83. The molecular weight excluding hydrogens is 144 g/mol. The summed E-state index contributed by atoms with van der Waals surface area (Å²) in [5.41, 5.74) is 1.17. The van der Waals surface area contributed by atoms with Gasteiger partial charge in [0.05, 0.1) is 13.8 Å². The van der Waals surface area contributed by atoms with Crippen LogP contribution >= 0.6 is 12.6 Å². The molecule has 0 aromatic carbocycles. The average molecular weight is 155 g/mol. The fourth-order valence-electron chi connectivity index (χ4n) is 0.970. The minimum absolute atomic E-state index is 0.890. The van der Waals surface area contributed by atoms with Gasteiger partial charge in [-0.15, -0.1) is 12.6 Å². The van der Waals surface area contributed by atoms with E-state index in [1.165, 1.54) is 5.56 Å². The van der Waals surface area contributed by atoms with Gasteiger partial charge in [-0.05, 0) is 12.5 Å². The van der Waals surface area contributed by atoms with E-state index in [-0.39, 0.29) is 0 Å².